The zero-order valence-electron chi connectivity index (χ0n) is 12.1. The molecule has 0 radical (unpaired) electrons. The van der Waals surface area contributed by atoms with Crippen molar-refractivity contribution in [3.05, 3.63) is 30.0 Å². The van der Waals surface area contributed by atoms with E-state index in [1.807, 2.05) is 45.0 Å². The Morgan fingerprint density at radius 1 is 1.26 bits per heavy atom. The van der Waals surface area contributed by atoms with E-state index >= 15 is 0 Å². The average molecular weight is 262 g/mol. The van der Waals surface area contributed by atoms with Crippen molar-refractivity contribution in [2.75, 3.05) is 6.61 Å². The number of aliphatic hydroxyl groups is 1. The van der Waals surface area contributed by atoms with Gasteiger partial charge in [-0.2, -0.15) is 0 Å². The number of benzene rings is 1. The average Bonchev–Trinajstić information content (AvgIpc) is 2.76. The molecule has 1 unspecified atom stereocenters. The molecule has 1 aromatic heterocycles. The number of furan rings is 1. The van der Waals surface area contributed by atoms with Gasteiger partial charge in [0.15, 0.2) is 0 Å². The Kier molecular flexibility index (Phi) is 3.85. The van der Waals surface area contributed by atoms with E-state index in [0.29, 0.717) is 12.4 Å². The molecule has 0 spiro atoms. The quantitative estimate of drug-likeness (QED) is 0.893. The number of hydrogen-bond acceptors (Lipinski definition) is 3. The minimum absolute atomic E-state index is 0.241. The lowest BCUT2D eigenvalue weighted by molar-refractivity contribution is 0.0448. The van der Waals surface area contributed by atoms with E-state index in [0.717, 1.165) is 23.1 Å². The molecule has 0 aliphatic heterocycles. The molecule has 0 bridgehead atoms. The maximum atomic E-state index is 10.2. The lowest BCUT2D eigenvalue weighted by atomic mass is 9.88. The highest BCUT2D eigenvalue weighted by molar-refractivity contribution is 5.79. The SMILES string of the molecule is CCCOc1ccc2oc(C(O)C(C)(C)C)cc2c1. The molecule has 0 aliphatic rings. The second-order valence-electron chi connectivity index (χ2n) is 5.97. The zero-order chi connectivity index (χ0) is 14.0. The molecule has 19 heavy (non-hydrogen) atoms. The van der Waals surface area contributed by atoms with Gasteiger partial charge in [0.1, 0.15) is 23.2 Å². The van der Waals surface area contributed by atoms with Gasteiger partial charge in [-0.15, -0.1) is 0 Å². The molecule has 0 saturated heterocycles. The van der Waals surface area contributed by atoms with Crippen LogP contribution in [0, 0.1) is 5.41 Å². The van der Waals surface area contributed by atoms with Crippen molar-refractivity contribution in [2.24, 2.45) is 5.41 Å². The smallest absolute Gasteiger partial charge is 0.134 e. The van der Waals surface area contributed by atoms with Gasteiger partial charge in [-0.05, 0) is 36.1 Å². The zero-order valence-corrected chi connectivity index (χ0v) is 12.1. The Hall–Kier alpha value is -1.48. The van der Waals surface area contributed by atoms with Gasteiger partial charge in [0.25, 0.3) is 0 Å². The third-order valence-corrected chi connectivity index (χ3v) is 3.07. The highest BCUT2D eigenvalue weighted by Gasteiger charge is 2.26. The van der Waals surface area contributed by atoms with Crippen molar-refractivity contribution in [3.63, 3.8) is 0 Å². The molecule has 2 aromatic rings. The van der Waals surface area contributed by atoms with E-state index in [4.69, 9.17) is 9.15 Å². The van der Waals surface area contributed by atoms with E-state index in [1.165, 1.54) is 0 Å². The first-order valence-electron chi connectivity index (χ1n) is 6.76. The van der Waals surface area contributed by atoms with Crippen LogP contribution in [0.25, 0.3) is 11.0 Å². The second kappa shape index (κ2) is 5.25. The normalized spacial score (nSPS) is 13.7. The van der Waals surface area contributed by atoms with Gasteiger partial charge in [-0.25, -0.2) is 0 Å². The van der Waals surface area contributed by atoms with Crippen LogP contribution in [-0.2, 0) is 0 Å². The fourth-order valence-corrected chi connectivity index (χ4v) is 1.91. The maximum absolute atomic E-state index is 10.2. The van der Waals surface area contributed by atoms with Crippen molar-refractivity contribution in [1.29, 1.82) is 0 Å². The first-order chi connectivity index (χ1) is 8.91. The van der Waals surface area contributed by atoms with E-state index in [2.05, 4.69) is 6.92 Å². The first kappa shape index (κ1) is 13.9. The van der Waals surface area contributed by atoms with Gasteiger partial charge >= 0.3 is 0 Å². The van der Waals surface area contributed by atoms with E-state index in [-0.39, 0.29) is 5.41 Å². The van der Waals surface area contributed by atoms with Gasteiger partial charge < -0.3 is 14.3 Å². The van der Waals surface area contributed by atoms with Crippen LogP contribution in [0.2, 0.25) is 0 Å². The Balaban J connectivity index is 2.30. The Labute approximate surface area is 114 Å². The lowest BCUT2D eigenvalue weighted by Gasteiger charge is -2.23. The van der Waals surface area contributed by atoms with Crippen LogP contribution < -0.4 is 4.74 Å². The molecule has 104 valence electrons. The summed E-state index contributed by atoms with van der Waals surface area (Å²) < 4.78 is 11.3. The number of aliphatic hydroxyl groups excluding tert-OH is 1. The fraction of sp³-hybridized carbons (Fsp3) is 0.500. The second-order valence-corrected chi connectivity index (χ2v) is 5.97. The van der Waals surface area contributed by atoms with Crippen molar-refractivity contribution in [2.45, 2.75) is 40.2 Å². The Morgan fingerprint density at radius 2 is 2.00 bits per heavy atom. The summed E-state index contributed by atoms with van der Waals surface area (Å²) in [5.41, 5.74) is 0.539. The van der Waals surface area contributed by atoms with Crippen molar-refractivity contribution in [1.82, 2.24) is 0 Å². The number of rotatable bonds is 4. The molecule has 0 aliphatic carbocycles. The predicted octanol–water partition coefficient (Wildman–Crippen LogP) is 4.30. The molecule has 2 rings (SSSR count). The van der Waals surface area contributed by atoms with Gasteiger partial charge in [0.2, 0.25) is 0 Å². The van der Waals surface area contributed by atoms with Crippen LogP contribution in [0.1, 0.15) is 46.0 Å². The van der Waals surface area contributed by atoms with Gasteiger partial charge in [0, 0.05) is 5.39 Å². The summed E-state index contributed by atoms with van der Waals surface area (Å²) in [5, 5.41) is 11.2. The van der Waals surface area contributed by atoms with Crippen LogP contribution in [0.3, 0.4) is 0 Å². The third-order valence-electron chi connectivity index (χ3n) is 3.07. The minimum atomic E-state index is -0.611. The number of ether oxygens (including phenoxy) is 1. The van der Waals surface area contributed by atoms with E-state index in [9.17, 15) is 5.11 Å². The minimum Gasteiger partial charge on any atom is -0.494 e. The highest BCUT2D eigenvalue weighted by atomic mass is 16.5. The molecule has 1 N–H and O–H groups in total. The number of hydrogen-bond donors (Lipinski definition) is 1. The summed E-state index contributed by atoms with van der Waals surface area (Å²) in [7, 11) is 0. The largest absolute Gasteiger partial charge is 0.494 e. The molecule has 3 heteroatoms. The van der Waals surface area contributed by atoms with E-state index in [1.54, 1.807) is 0 Å². The van der Waals surface area contributed by atoms with Gasteiger partial charge in [-0.1, -0.05) is 27.7 Å². The topological polar surface area (TPSA) is 42.6 Å². The van der Waals surface area contributed by atoms with Gasteiger partial charge in [-0.3, -0.25) is 0 Å². The maximum Gasteiger partial charge on any atom is 0.134 e. The molecule has 3 nitrogen and oxygen atoms in total. The van der Waals surface area contributed by atoms with Gasteiger partial charge in [0.05, 0.1) is 6.61 Å². The van der Waals surface area contributed by atoms with Crippen molar-refractivity contribution >= 4 is 11.0 Å². The molecule has 1 atom stereocenters. The Bertz CT molecular complexity index is 549. The molecular formula is C16H22O3. The summed E-state index contributed by atoms with van der Waals surface area (Å²) in [5.74, 6) is 1.45. The molecular weight excluding hydrogens is 240 g/mol. The van der Waals surface area contributed by atoms with Crippen LogP contribution >= 0.6 is 0 Å². The molecule has 0 amide bonds. The molecule has 0 fully saturated rings. The van der Waals surface area contributed by atoms with Crippen LogP contribution in [0.15, 0.2) is 28.7 Å². The summed E-state index contributed by atoms with van der Waals surface area (Å²) >= 11 is 0. The highest BCUT2D eigenvalue weighted by Crippen LogP contribution is 2.36. The van der Waals surface area contributed by atoms with Crippen LogP contribution in [0.4, 0.5) is 0 Å². The summed E-state index contributed by atoms with van der Waals surface area (Å²) in [6.45, 7) is 8.75. The molecule has 1 heterocycles. The van der Waals surface area contributed by atoms with E-state index < -0.39 is 6.10 Å². The fourth-order valence-electron chi connectivity index (χ4n) is 1.91. The lowest BCUT2D eigenvalue weighted by Crippen LogP contribution is -2.16. The first-order valence-corrected chi connectivity index (χ1v) is 6.76. The molecule has 1 aromatic carbocycles. The van der Waals surface area contributed by atoms with Crippen LogP contribution in [-0.4, -0.2) is 11.7 Å². The van der Waals surface area contributed by atoms with Crippen LogP contribution in [0.5, 0.6) is 5.75 Å². The third kappa shape index (κ3) is 3.10. The number of fused-ring (bicyclic) bond motifs is 1. The Morgan fingerprint density at radius 3 is 2.63 bits per heavy atom. The summed E-state index contributed by atoms with van der Waals surface area (Å²) in [4.78, 5) is 0. The van der Waals surface area contributed by atoms with Crippen molar-refractivity contribution in [3.8, 4) is 5.75 Å². The predicted molar refractivity (Wildman–Crippen MR) is 76.4 cm³/mol. The summed E-state index contributed by atoms with van der Waals surface area (Å²) in [6, 6.07) is 7.63. The summed E-state index contributed by atoms with van der Waals surface area (Å²) in [6.07, 6.45) is 0.372. The van der Waals surface area contributed by atoms with Crippen molar-refractivity contribution < 1.29 is 14.3 Å². The standard InChI is InChI=1S/C16H22O3/c1-5-8-18-12-6-7-13-11(9-12)10-14(19-13)15(17)16(2,3)4/h6-7,9-10,15,17H,5,8H2,1-4H3. The molecule has 0 saturated carbocycles. The monoisotopic (exact) mass is 262 g/mol.